The second-order valence-corrected chi connectivity index (χ2v) is 6.98. The fourth-order valence-corrected chi connectivity index (χ4v) is 4.25. The summed E-state index contributed by atoms with van der Waals surface area (Å²) in [6.07, 6.45) is 2.27. The second-order valence-electron chi connectivity index (χ2n) is 6.98. The van der Waals surface area contributed by atoms with E-state index in [4.69, 9.17) is 14.2 Å². The van der Waals surface area contributed by atoms with Crippen molar-refractivity contribution in [1.29, 1.82) is 0 Å². The summed E-state index contributed by atoms with van der Waals surface area (Å²) in [5.41, 5.74) is 1.06. The number of para-hydroxylation sites is 1. The van der Waals surface area contributed by atoms with E-state index >= 15 is 0 Å². The van der Waals surface area contributed by atoms with E-state index in [1.54, 1.807) is 0 Å². The van der Waals surface area contributed by atoms with Gasteiger partial charge in [0, 0.05) is 38.1 Å². The van der Waals surface area contributed by atoms with Crippen molar-refractivity contribution in [2.75, 3.05) is 39.6 Å². The molecule has 0 unspecified atom stereocenters. The topological polar surface area (TPSA) is 51.2 Å². The molecule has 2 fully saturated rings. The Hall–Kier alpha value is -1.79. The molecule has 6 heteroatoms. The first-order chi connectivity index (χ1) is 12.2. The number of likely N-dealkylation sites (tertiary alicyclic amines) is 1. The van der Waals surface area contributed by atoms with Crippen molar-refractivity contribution in [2.45, 2.75) is 38.3 Å². The Morgan fingerprint density at radius 3 is 2.88 bits per heavy atom. The standard InChI is InChI=1S/C19H26N2O4/c1-14-16(20-9-11-23-12-10-20)7-8-21(14)18(22)6-5-15-3-2-4-17-19(15)25-13-24-17/h2-4,14,16H,5-13H2,1H3/t14-,16-/m1/s1. The highest BCUT2D eigenvalue weighted by Gasteiger charge is 2.37. The Morgan fingerprint density at radius 1 is 1.20 bits per heavy atom. The number of rotatable bonds is 4. The van der Waals surface area contributed by atoms with Crippen molar-refractivity contribution < 1.29 is 19.0 Å². The van der Waals surface area contributed by atoms with Crippen molar-refractivity contribution in [3.05, 3.63) is 23.8 Å². The summed E-state index contributed by atoms with van der Waals surface area (Å²) in [5, 5.41) is 0. The third kappa shape index (κ3) is 3.33. The minimum atomic E-state index is 0.236. The first kappa shape index (κ1) is 16.7. The van der Waals surface area contributed by atoms with Gasteiger partial charge in [0.25, 0.3) is 0 Å². The van der Waals surface area contributed by atoms with Crippen LogP contribution in [-0.2, 0) is 16.0 Å². The minimum Gasteiger partial charge on any atom is -0.454 e. The zero-order valence-corrected chi connectivity index (χ0v) is 14.8. The molecule has 1 amide bonds. The highest BCUT2D eigenvalue weighted by molar-refractivity contribution is 5.77. The van der Waals surface area contributed by atoms with Crippen molar-refractivity contribution in [3.8, 4) is 11.5 Å². The van der Waals surface area contributed by atoms with Gasteiger partial charge in [-0.05, 0) is 31.4 Å². The number of hydrogen-bond donors (Lipinski definition) is 0. The maximum Gasteiger partial charge on any atom is 0.231 e. The second kappa shape index (κ2) is 7.22. The van der Waals surface area contributed by atoms with Crippen molar-refractivity contribution in [1.82, 2.24) is 9.80 Å². The van der Waals surface area contributed by atoms with Crippen LogP contribution in [0.15, 0.2) is 18.2 Å². The van der Waals surface area contributed by atoms with Gasteiger partial charge in [-0.3, -0.25) is 9.69 Å². The van der Waals surface area contributed by atoms with Crippen molar-refractivity contribution in [2.24, 2.45) is 0 Å². The molecule has 0 spiro atoms. The lowest BCUT2D eigenvalue weighted by atomic mass is 10.1. The molecular formula is C19H26N2O4. The lowest BCUT2D eigenvalue weighted by Gasteiger charge is -2.35. The van der Waals surface area contributed by atoms with Gasteiger partial charge in [0.15, 0.2) is 11.5 Å². The van der Waals surface area contributed by atoms with Gasteiger partial charge in [-0.15, -0.1) is 0 Å². The number of carbonyl (C=O) groups excluding carboxylic acids is 1. The highest BCUT2D eigenvalue weighted by atomic mass is 16.7. The molecule has 3 aliphatic heterocycles. The van der Waals surface area contributed by atoms with E-state index in [2.05, 4.69) is 16.7 Å². The van der Waals surface area contributed by atoms with Gasteiger partial charge in [0.05, 0.1) is 13.2 Å². The van der Waals surface area contributed by atoms with E-state index in [9.17, 15) is 4.79 Å². The van der Waals surface area contributed by atoms with Crippen LogP contribution in [-0.4, -0.2) is 67.4 Å². The molecule has 0 N–H and O–H groups in total. The third-order valence-corrected chi connectivity index (χ3v) is 5.64. The van der Waals surface area contributed by atoms with Crippen LogP contribution in [0.3, 0.4) is 0 Å². The van der Waals surface area contributed by atoms with E-state index < -0.39 is 0 Å². The van der Waals surface area contributed by atoms with Crippen molar-refractivity contribution in [3.63, 3.8) is 0 Å². The fraction of sp³-hybridized carbons (Fsp3) is 0.632. The van der Waals surface area contributed by atoms with E-state index in [0.717, 1.165) is 56.3 Å². The first-order valence-corrected chi connectivity index (χ1v) is 9.23. The molecule has 4 rings (SSSR count). The van der Waals surface area contributed by atoms with E-state index in [0.29, 0.717) is 18.9 Å². The van der Waals surface area contributed by atoms with Gasteiger partial charge in [0.2, 0.25) is 12.7 Å². The summed E-state index contributed by atoms with van der Waals surface area (Å²) in [6, 6.07) is 6.62. The summed E-state index contributed by atoms with van der Waals surface area (Å²) in [7, 11) is 0. The number of morpholine rings is 1. The Kier molecular flexibility index (Phi) is 4.81. The van der Waals surface area contributed by atoms with E-state index in [-0.39, 0.29) is 18.7 Å². The maximum absolute atomic E-state index is 12.8. The monoisotopic (exact) mass is 346 g/mol. The van der Waals surface area contributed by atoms with Crippen LogP contribution in [0.25, 0.3) is 0 Å². The molecule has 0 aliphatic carbocycles. The summed E-state index contributed by atoms with van der Waals surface area (Å²) in [4.78, 5) is 17.3. The molecular weight excluding hydrogens is 320 g/mol. The highest BCUT2D eigenvalue weighted by Crippen LogP contribution is 2.36. The number of nitrogens with zero attached hydrogens (tertiary/aromatic N) is 2. The largest absolute Gasteiger partial charge is 0.454 e. The molecule has 1 aromatic carbocycles. The number of hydrogen-bond acceptors (Lipinski definition) is 5. The average Bonchev–Trinajstić information content (AvgIpc) is 3.27. The lowest BCUT2D eigenvalue weighted by molar-refractivity contribution is -0.132. The number of carbonyl (C=O) groups is 1. The molecule has 2 atom stereocenters. The number of ether oxygens (including phenoxy) is 3. The predicted octanol–water partition coefficient (Wildman–Crippen LogP) is 1.67. The molecule has 136 valence electrons. The van der Waals surface area contributed by atoms with Crippen LogP contribution in [0.5, 0.6) is 11.5 Å². The van der Waals surface area contributed by atoms with Gasteiger partial charge < -0.3 is 19.1 Å². The summed E-state index contributed by atoms with van der Waals surface area (Å²) in [5.74, 6) is 1.82. The third-order valence-electron chi connectivity index (χ3n) is 5.64. The first-order valence-electron chi connectivity index (χ1n) is 9.23. The summed E-state index contributed by atoms with van der Waals surface area (Å²) in [6.45, 7) is 6.87. The smallest absolute Gasteiger partial charge is 0.231 e. The quantitative estimate of drug-likeness (QED) is 0.830. The van der Waals surface area contributed by atoms with Crippen molar-refractivity contribution >= 4 is 5.91 Å². The predicted molar refractivity (Wildman–Crippen MR) is 92.9 cm³/mol. The molecule has 0 bridgehead atoms. The Labute approximate surface area is 148 Å². The Bertz CT molecular complexity index is 630. The van der Waals surface area contributed by atoms with Crippen LogP contribution in [0, 0.1) is 0 Å². The molecule has 0 saturated carbocycles. The molecule has 6 nitrogen and oxygen atoms in total. The van der Waals surface area contributed by atoms with Gasteiger partial charge in [-0.1, -0.05) is 12.1 Å². The summed E-state index contributed by atoms with van der Waals surface area (Å²) < 4.78 is 16.4. The molecule has 0 aromatic heterocycles. The number of fused-ring (bicyclic) bond motifs is 1. The van der Waals surface area contributed by atoms with Crippen LogP contribution >= 0.6 is 0 Å². The minimum absolute atomic E-state index is 0.236. The van der Waals surface area contributed by atoms with Gasteiger partial charge in [0.1, 0.15) is 0 Å². The lowest BCUT2D eigenvalue weighted by Crippen LogP contribution is -2.49. The fourth-order valence-electron chi connectivity index (χ4n) is 4.25. The molecule has 1 aromatic rings. The van der Waals surface area contributed by atoms with Crippen LogP contribution in [0.1, 0.15) is 25.3 Å². The zero-order valence-electron chi connectivity index (χ0n) is 14.8. The zero-order chi connectivity index (χ0) is 17.2. The molecule has 3 heterocycles. The van der Waals surface area contributed by atoms with E-state index in [1.807, 2.05) is 18.2 Å². The summed E-state index contributed by atoms with van der Waals surface area (Å²) >= 11 is 0. The number of benzene rings is 1. The Balaban J connectivity index is 1.35. The van der Waals surface area contributed by atoms with E-state index in [1.165, 1.54) is 0 Å². The van der Waals surface area contributed by atoms with Gasteiger partial charge >= 0.3 is 0 Å². The normalized spacial score (nSPS) is 26.2. The molecule has 3 aliphatic rings. The van der Waals surface area contributed by atoms with Gasteiger partial charge in [-0.2, -0.15) is 0 Å². The van der Waals surface area contributed by atoms with Crippen LogP contribution < -0.4 is 9.47 Å². The number of aryl methyl sites for hydroxylation is 1. The van der Waals surface area contributed by atoms with Gasteiger partial charge in [-0.25, -0.2) is 0 Å². The molecule has 25 heavy (non-hydrogen) atoms. The SMILES string of the molecule is C[C@@H]1[C@H](N2CCOCC2)CCN1C(=O)CCc1cccc2c1OCO2. The molecule has 0 radical (unpaired) electrons. The van der Waals surface area contributed by atoms with Crippen LogP contribution in [0.4, 0.5) is 0 Å². The average molecular weight is 346 g/mol. The maximum atomic E-state index is 12.8. The number of amides is 1. The van der Waals surface area contributed by atoms with Crippen LogP contribution in [0.2, 0.25) is 0 Å². The Morgan fingerprint density at radius 2 is 2.04 bits per heavy atom. The molecule has 2 saturated heterocycles.